The number of rotatable bonds is 6. The second kappa shape index (κ2) is 6.19. The van der Waals surface area contributed by atoms with Crippen LogP contribution in [0.2, 0.25) is 0 Å². The third-order valence-electron chi connectivity index (χ3n) is 2.81. The Morgan fingerprint density at radius 1 is 1.37 bits per heavy atom. The van der Waals surface area contributed by atoms with Crippen LogP contribution < -0.4 is 5.73 Å². The van der Waals surface area contributed by atoms with Gasteiger partial charge in [-0.15, -0.1) is 5.10 Å². The minimum absolute atomic E-state index is 0.0465. The van der Waals surface area contributed by atoms with Gasteiger partial charge in [0.2, 0.25) is 0 Å². The van der Waals surface area contributed by atoms with E-state index >= 15 is 0 Å². The van der Waals surface area contributed by atoms with Crippen molar-refractivity contribution < 1.29 is 4.79 Å². The maximum atomic E-state index is 11.9. The van der Waals surface area contributed by atoms with Crippen molar-refractivity contribution in [2.45, 2.75) is 32.9 Å². The lowest BCUT2D eigenvalue weighted by atomic mass is 10.1. The fourth-order valence-corrected chi connectivity index (χ4v) is 1.72. The van der Waals surface area contributed by atoms with Gasteiger partial charge in [0.1, 0.15) is 6.54 Å². The van der Waals surface area contributed by atoms with Crippen molar-refractivity contribution >= 4 is 5.78 Å². The molecule has 0 saturated heterocycles. The van der Waals surface area contributed by atoms with E-state index in [1.54, 1.807) is 6.20 Å². The third kappa shape index (κ3) is 3.69. The van der Waals surface area contributed by atoms with Crippen molar-refractivity contribution in [3.05, 3.63) is 41.5 Å². The van der Waals surface area contributed by atoms with Crippen LogP contribution in [0.3, 0.4) is 0 Å². The van der Waals surface area contributed by atoms with E-state index in [0.717, 1.165) is 12.1 Å². The SMILES string of the molecule is CCc1ccc(CC(=O)Cn2cc(CN)nn2)nc1. The number of pyridine rings is 1. The predicted octanol–water partition coefficient (Wildman–Crippen LogP) is 0.506. The summed E-state index contributed by atoms with van der Waals surface area (Å²) in [4.78, 5) is 16.1. The minimum atomic E-state index is 0.0465. The summed E-state index contributed by atoms with van der Waals surface area (Å²) in [5.41, 5.74) is 8.06. The average Bonchev–Trinajstić information content (AvgIpc) is 2.87. The van der Waals surface area contributed by atoms with Crippen LogP contribution in [0.1, 0.15) is 23.9 Å². The topological polar surface area (TPSA) is 86.7 Å². The van der Waals surface area contributed by atoms with Gasteiger partial charge in [0.05, 0.1) is 18.3 Å². The molecule has 0 aromatic carbocycles. The summed E-state index contributed by atoms with van der Waals surface area (Å²) < 4.78 is 1.50. The molecule has 0 spiro atoms. The van der Waals surface area contributed by atoms with Crippen molar-refractivity contribution in [1.29, 1.82) is 0 Å². The number of hydrogen-bond donors (Lipinski definition) is 1. The van der Waals surface area contributed by atoms with Gasteiger partial charge in [0.15, 0.2) is 5.78 Å². The van der Waals surface area contributed by atoms with Gasteiger partial charge in [-0.2, -0.15) is 0 Å². The lowest BCUT2D eigenvalue weighted by Crippen LogP contribution is -2.14. The van der Waals surface area contributed by atoms with E-state index in [2.05, 4.69) is 22.2 Å². The van der Waals surface area contributed by atoms with Gasteiger partial charge in [0.25, 0.3) is 0 Å². The second-order valence-electron chi connectivity index (χ2n) is 4.34. The van der Waals surface area contributed by atoms with Crippen LogP contribution >= 0.6 is 0 Å². The zero-order valence-electron chi connectivity index (χ0n) is 10.9. The van der Waals surface area contributed by atoms with Crippen molar-refractivity contribution in [2.24, 2.45) is 5.73 Å². The number of hydrogen-bond acceptors (Lipinski definition) is 5. The van der Waals surface area contributed by atoms with Gasteiger partial charge in [0, 0.05) is 18.4 Å². The first-order valence-corrected chi connectivity index (χ1v) is 6.26. The fraction of sp³-hybridized carbons (Fsp3) is 0.385. The lowest BCUT2D eigenvalue weighted by Gasteiger charge is -2.02. The van der Waals surface area contributed by atoms with Gasteiger partial charge in [-0.05, 0) is 18.1 Å². The molecule has 0 aliphatic rings. The monoisotopic (exact) mass is 259 g/mol. The van der Waals surface area contributed by atoms with Crippen molar-refractivity contribution in [3.8, 4) is 0 Å². The minimum Gasteiger partial charge on any atom is -0.325 e. The number of nitrogens with two attached hydrogens (primary N) is 1. The molecule has 6 nitrogen and oxygen atoms in total. The molecule has 0 atom stereocenters. The normalized spacial score (nSPS) is 10.6. The van der Waals surface area contributed by atoms with E-state index in [4.69, 9.17) is 5.73 Å². The number of aryl methyl sites for hydroxylation is 1. The lowest BCUT2D eigenvalue weighted by molar-refractivity contribution is -0.119. The molecule has 100 valence electrons. The van der Waals surface area contributed by atoms with Crippen molar-refractivity contribution in [3.63, 3.8) is 0 Å². The molecule has 2 rings (SSSR count). The highest BCUT2D eigenvalue weighted by molar-refractivity contribution is 5.80. The molecule has 2 heterocycles. The van der Waals surface area contributed by atoms with E-state index in [1.807, 2.05) is 18.3 Å². The molecule has 0 fully saturated rings. The number of aromatic nitrogens is 4. The smallest absolute Gasteiger partial charge is 0.160 e. The molecule has 2 aromatic rings. The molecule has 0 bridgehead atoms. The summed E-state index contributed by atoms with van der Waals surface area (Å²) in [5, 5.41) is 7.68. The Morgan fingerprint density at radius 2 is 2.21 bits per heavy atom. The van der Waals surface area contributed by atoms with Gasteiger partial charge in [-0.1, -0.05) is 18.2 Å². The molecule has 2 aromatic heterocycles. The van der Waals surface area contributed by atoms with Gasteiger partial charge in [-0.3, -0.25) is 9.78 Å². The van der Waals surface area contributed by atoms with Gasteiger partial charge < -0.3 is 5.73 Å². The largest absolute Gasteiger partial charge is 0.325 e. The average molecular weight is 259 g/mol. The predicted molar refractivity (Wildman–Crippen MR) is 70.2 cm³/mol. The quantitative estimate of drug-likeness (QED) is 0.816. The maximum Gasteiger partial charge on any atom is 0.160 e. The summed E-state index contributed by atoms with van der Waals surface area (Å²) in [6.45, 7) is 2.60. The first-order chi connectivity index (χ1) is 9.21. The summed E-state index contributed by atoms with van der Waals surface area (Å²) in [6, 6.07) is 3.89. The standard InChI is InChI=1S/C13H17N5O/c1-2-10-3-4-11(15-7-10)5-13(19)9-18-8-12(6-14)16-17-18/h3-4,7-8H,2,5-6,9,14H2,1H3. The van der Waals surface area contributed by atoms with Crippen LogP contribution in [0.4, 0.5) is 0 Å². The molecule has 6 heteroatoms. The van der Waals surface area contributed by atoms with Crippen LogP contribution in [0.5, 0.6) is 0 Å². The Kier molecular flexibility index (Phi) is 4.35. The third-order valence-corrected chi connectivity index (χ3v) is 2.81. The zero-order chi connectivity index (χ0) is 13.7. The van der Waals surface area contributed by atoms with Gasteiger partial charge >= 0.3 is 0 Å². The fourth-order valence-electron chi connectivity index (χ4n) is 1.72. The molecule has 0 aliphatic carbocycles. The number of nitrogens with zero attached hydrogens (tertiary/aromatic N) is 4. The number of carbonyl (C=O) groups excluding carboxylic acids is 1. The van der Waals surface area contributed by atoms with Crippen molar-refractivity contribution in [1.82, 2.24) is 20.0 Å². The van der Waals surface area contributed by atoms with Crippen LogP contribution in [-0.4, -0.2) is 25.8 Å². The van der Waals surface area contributed by atoms with Crippen LogP contribution in [-0.2, 0) is 30.7 Å². The highest BCUT2D eigenvalue weighted by atomic mass is 16.1. The Hall–Kier alpha value is -2.08. The Bertz CT molecular complexity index is 546. The van der Waals surface area contributed by atoms with E-state index in [-0.39, 0.29) is 12.3 Å². The first kappa shape index (κ1) is 13.4. The molecule has 0 amide bonds. The van der Waals surface area contributed by atoms with Crippen LogP contribution in [0, 0.1) is 0 Å². The summed E-state index contributed by atoms with van der Waals surface area (Å²) >= 11 is 0. The second-order valence-corrected chi connectivity index (χ2v) is 4.34. The Morgan fingerprint density at radius 3 is 2.79 bits per heavy atom. The zero-order valence-corrected chi connectivity index (χ0v) is 10.9. The molecule has 0 saturated carbocycles. The molecule has 0 aliphatic heterocycles. The Labute approximate surface area is 111 Å². The van der Waals surface area contributed by atoms with Crippen LogP contribution in [0.25, 0.3) is 0 Å². The number of Topliss-reactive ketones (excluding diaryl/α,β-unsaturated/α-hetero) is 1. The molecule has 0 radical (unpaired) electrons. The maximum absolute atomic E-state index is 11.9. The number of ketones is 1. The van der Waals surface area contributed by atoms with E-state index in [0.29, 0.717) is 18.7 Å². The molecule has 19 heavy (non-hydrogen) atoms. The van der Waals surface area contributed by atoms with E-state index in [9.17, 15) is 4.79 Å². The molecular formula is C13H17N5O. The van der Waals surface area contributed by atoms with Gasteiger partial charge in [-0.25, -0.2) is 4.68 Å². The summed E-state index contributed by atoms with van der Waals surface area (Å²) in [7, 11) is 0. The molecule has 0 unspecified atom stereocenters. The highest BCUT2D eigenvalue weighted by Gasteiger charge is 2.07. The number of carbonyl (C=O) groups is 1. The first-order valence-electron chi connectivity index (χ1n) is 6.26. The van der Waals surface area contributed by atoms with Crippen molar-refractivity contribution in [2.75, 3.05) is 0 Å². The van der Waals surface area contributed by atoms with Crippen LogP contribution in [0.15, 0.2) is 24.5 Å². The van der Waals surface area contributed by atoms with E-state index in [1.165, 1.54) is 10.2 Å². The molecular weight excluding hydrogens is 242 g/mol. The molecule has 2 N–H and O–H groups in total. The van der Waals surface area contributed by atoms with E-state index < -0.39 is 0 Å². The highest BCUT2D eigenvalue weighted by Crippen LogP contribution is 2.03. The summed E-state index contributed by atoms with van der Waals surface area (Å²) in [5.74, 6) is 0.0465. The Balaban J connectivity index is 1.93. The summed E-state index contributed by atoms with van der Waals surface area (Å²) in [6.07, 6.45) is 4.75.